The Kier molecular flexibility index (Phi) is 7.96. The van der Waals surface area contributed by atoms with Gasteiger partial charge in [-0.15, -0.1) is 0 Å². The molecule has 0 aromatic heterocycles. The van der Waals surface area contributed by atoms with Crippen LogP contribution in [0.5, 0.6) is 5.75 Å². The van der Waals surface area contributed by atoms with Crippen LogP contribution in [0, 0.1) is 6.92 Å². The van der Waals surface area contributed by atoms with E-state index >= 15 is 0 Å². The van der Waals surface area contributed by atoms with Crippen LogP contribution < -0.4 is 4.74 Å². The van der Waals surface area contributed by atoms with E-state index in [1.54, 1.807) is 25.1 Å². The first-order chi connectivity index (χ1) is 14.8. The van der Waals surface area contributed by atoms with Crippen molar-refractivity contribution >= 4 is 66.8 Å². The molecular weight excluding hydrogens is 550 g/mol. The highest BCUT2D eigenvalue weighted by Crippen LogP contribution is 2.38. The van der Waals surface area contributed by atoms with Crippen molar-refractivity contribution in [3.05, 3.63) is 66.9 Å². The molecule has 162 valence electrons. The van der Waals surface area contributed by atoms with E-state index < -0.39 is 23.7 Å². The average molecular weight is 569 g/mol. The minimum absolute atomic E-state index is 0.186. The summed E-state index contributed by atoms with van der Waals surface area (Å²) >= 11 is 7.81. The summed E-state index contributed by atoms with van der Waals surface area (Å²) in [5.74, 6) is -0.504. The molecule has 1 aliphatic rings. The Morgan fingerprint density at radius 1 is 1.16 bits per heavy atom. The monoisotopic (exact) mass is 567 g/mol. The molecule has 0 spiro atoms. The smallest absolute Gasteiger partial charge is 0.326 e. The number of thioether (sulfide) groups is 1. The van der Waals surface area contributed by atoms with Crippen molar-refractivity contribution in [1.29, 1.82) is 0 Å². The summed E-state index contributed by atoms with van der Waals surface area (Å²) in [6, 6.07) is 11.7. The molecule has 3 rings (SSSR count). The Bertz CT molecular complexity index is 1050. The number of aryl methyl sites for hydroxylation is 1. The Morgan fingerprint density at radius 2 is 1.87 bits per heavy atom. The third kappa shape index (κ3) is 5.99. The van der Waals surface area contributed by atoms with Crippen LogP contribution in [0.25, 0.3) is 6.08 Å². The number of carbonyl (C=O) groups is 3. The first-order valence-electron chi connectivity index (χ1n) is 9.37. The molecule has 6 nitrogen and oxygen atoms in total. The van der Waals surface area contributed by atoms with Crippen molar-refractivity contribution in [2.24, 2.45) is 0 Å². The number of esters is 1. The molecule has 0 bridgehead atoms. The molecule has 1 fully saturated rings. The van der Waals surface area contributed by atoms with Gasteiger partial charge in [-0.3, -0.25) is 19.3 Å². The molecule has 0 radical (unpaired) electrons. The normalized spacial score (nSPS) is 15.0. The zero-order valence-corrected chi connectivity index (χ0v) is 20.8. The van der Waals surface area contributed by atoms with Crippen LogP contribution in [0.1, 0.15) is 23.6 Å². The van der Waals surface area contributed by atoms with Gasteiger partial charge in [-0.25, -0.2) is 0 Å². The van der Waals surface area contributed by atoms with Crippen LogP contribution in [-0.4, -0.2) is 35.2 Å². The molecule has 2 aromatic carbocycles. The fraction of sp³-hybridized carbons (Fsp3) is 0.227. The van der Waals surface area contributed by atoms with Crippen LogP contribution in [0.3, 0.4) is 0 Å². The highest BCUT2D eigenvalue weighted by atomic mass is 79.9. The largest absolute Gasteiger partial charge is 0.487 e. The van der Waals surface area contributed by atoms with Crippen molar-refractivity contribution < 1.29 is 23.9 Å². The summed E-state index contributed by atoms with van der Waals surface area (Å²) in [4.78, 5) is 37.4. The molecule has 2 aromatic rings. The molecule has 0 unspecified atom stereocenters. The number of nitrogens with zero attached hydrogens (tertiary/aromatic N) is 1. The maximum Gasteiger partial charge on any atom is 0.326 e. The summed E-state index contributed by atoms with van der Waals surface area (Å²) in [5, 5.41) is -0.499. The number of benzene rings is 2. The van der Waals surface area contributed by atoms with E-state index in [0.29, 0.717) is 26.9 Å². The Balaban J connectivity index is 1.75. The van der Waals surface area contributed by atoms with Crippen LogP contribution in [0.2, 0.25) is 0 Å². The minimum atomic E-state index is -0.619. The van der Waals surface area contributed by atoms with E-state index in [-0.39, 0.29) is 11.5 Å². The van der Waals surface area contributed by atoms with E-state index in [1.807, 2.05) is 25.1 Å². The molecule has 1 aliphatic heterocycles. The van der Waals surface area contributed by atoms with Crippen molar-refractivity contribution in [2.45, 2.75) is 20.5 Å². The minimum Gasteiger partial charge on any atom is -0.487 e. The first kappa shape index (κ1) is 23.6. The summed E-state index contributed by atoms with van der Waals surface area (Å²) in [6.45, 7) is 3.89. The zero-order chi connectivity index (χ0) is 22.5. The Hall–Kier alpha value is -2.10. The zero-order valence-electron chi connectivity index (χ0n) is 16.8. The van der Waals surface area contributed by atoms with E-state index in [2.05, 4.69) is 37.9 Å². The number of hydrogen-bond donors (Lipinski definition) is 0. The van der Waals surface area contributed by atoms with E-state index in [0.717, 1.165) is 27.8 Å². The first-order valence-corrected chi connectivity index (χ1v) is 11.8. The van der Waals surface area contributed by atoms with Gasteiger partial charge in [0.25, 0.3) is 11.1 Å². The predicted molar refractivity (Wildman–Crippen MR) is 127 cm³/mol. The number of carbonyl (C=O) groups excluding carboxylic acids is 3. The number of imide groups is 1. The number of halogens is 2. The summed E-state index contributed by atoms with van der Waals surface area (Å²) < 4.78 is 12.2. The summed E-state index contributed by atoms with van der Waals surface area (Å²) in [7, 11) is 0. The van der Waals surface area contributed by atoms with Gasteiger partial charge in [0.15, 0.2) is 0 Å². The van der Waals surface area contributed by atoms with Crippen molar-refractivity contribution in [1.82, 2.24) is 4.90 Å². The van der Waals surface area contributed by atoms with Gasteiger partial charge in [0.05, 0.1) is 20.5 Å². The number of amides is 2. The highest BCUT2D eigenvalue weighted by Gasteiger charge is 2.36. The highest BCUT2D eigenvalue weighted by molar-refractivity contribution is 9.11. The number of rotatable bonds is 7. The van der Waals surface area contributed by atoms with Crippen LogP contribution in [-0.2, 0) is 20.9 Å². The molecule has 9 heteroatoms. The van der Waals surface area contributed by atoms with Gasteiger partial charge in [0.2, 0.25) is 0 Å². The average Bonchev–Trinajstić information content (AvgIpc) is 2.95. The Morgan fingerprint density at radius 3 is 2.52 bits per heavy atom. The van der Waals surface area contributed by atoms with E-state index in [4.69, 9.17) is 9.47 Å². The van der Waals surface area contributed by atoms with Crippen LogP contribution in [0.15, 0.2) is 50.2 Å². The van der Waals surface area contributed by atoms with Crippen LogP contribution in [0.4, 0.5) is 4.79 Å². The third-order valence-electron chi connectivity index (χ3n) is 4.25. The fourth-order valence-corrected chi connectivity index (χ4v) is 5.17. The number of ether oxygens (including phenoxy) is 2. The van der Waals surface area contributed by atoms with Crippen molar-refractivity contribution in [3.8, 4) is 5.75 Å². The molecule has 0 saturated carbocycles. The molecule has 2 amide bonds. The lowest BCUT2D eigenvalue weighted by atomic mass is 10.1. The lowest BCUT2D eigenvalue weighted by Crippen LogP contribution is -2.34. The lowest BCUT2D eigenvalue weighted by molar-refractivity contribution is -0.145. The third-order valence-corrected chi connectivity index (χ3v) is 6.34. The second kappa shape index (κ2) is 10.5. The maximum atomic E-state index is 12.5. The maximum absolute atomic E-state index is 12.5. The second-order valence-electron chi connectivity index (χ2n) is 6.66. The number of hydrogen-bond acceptors (Lipinski definition) is 6. The fourth-order valence-electron chi connectivity index (χ4n) is 2.88. The second-order valence-corrected chi connectivity index (χ2v) is 9.37. The van der Waals surface area contributed by atoms with Gasteiger partial charge < -0.3 is 9.47 Å². The molecule has 1 saturated heterocycles. The molecule has 31 heavy (non-hydrogen) atoms. The molecule has 0 aliphatic carbocycles. The Labute approximate surface area is 201 Å². The topological polar surface area (TPSA) is 72.9 Å². The van der Waals surface area contributed by atoms with Gasteiger partial charge in [-0.1, -0.05) is 29.8 Å². The predicted octanol–water partition coefficient (Wildman–Crippen LogP) is 5.70. The van der Waals surface area contributed by atoms with Gasteiger partial charge in [-0.2, -0.15) is 0 Å². The summed E-state index contributed by atoms with van der Waals surface area (Å²) in [6.07, 6.45) is 1.61. The molecule has 1 heterocycles. The molecule has 0 N–H and O–H groups in total. The SMILES string of the molecule is CCOC(=O)CN1C(=O)S/C(=C\c2cc(Br)c(OCc3cccc(C)c3)c(Br)c2)C1=O. The standard InChI is InChI=1S/C22H19Br2NO5S/c1-3-29-19(26)11-25-21(27)18(31-22(25)28)10-15-8-16(23)20(17(24)9-15)30-12-14-6-4-5-13(2)7-14/h4-10H,3,11-12H2,1-2H3/b18-10-. The van der Waals surface area contributed by atoms with Gasteiger partial charge >= 0.3 is 5.97 Å². The summed E-state index contributed by atoms with van der Waals surface area (Å²) in [5.41, 5.74) is 2.91. The van der Waals surface area contributed by atoms with Crippen LogP contribution >= 0.6 is 43.6 Å². The van der Waals surface area contributed by atoms with E-state index in [9.17, 15) is 14.4 Å². The van der Waals surface area contributed by atoms with Gasteiger partial charge in [0.1, 0.15) is 18.9 Å². The van der Waals surface area contributed by atoms with Gasteiger partial charge in [0, 0.05) is 0 Å². The molecule has 0 atom stereocenters. The van der Waals surface area contributed by atoms with E-state index in [1.165, 1.54) is 0 Å². The molecular formula is C22H19Br2NO5S. The van der Waals surface area contributed by atoms with Crippen molar-refractivity contribution in [3.63, 3.8) is 0 Å². The lowest BCUT2D eigenvalue weighted by Gasteiger charge is -2.12. The quantitative estimate of drug-likeness (QED) is 0.315. The van der Waals surface area contributed by atoms with Gasteiger partial charge in [-0.05, 0) is 86.8 Å². The van der Waals surface area contributed by atoms with Crippen molar-refractivity contribution in [2.75, 3.05) is 13.2 Å².